The first-order valence-electron chi connectivity index (χ1n) is 2.91. The largest absolute Gasteiger partial charge is 0.300 e. The van der Waals surface area contributed by atoms with Gasteiger partial charge in [0.1, 0.15) is 5.78 Å². The van der Waals surface area contributed by atoms with E-state index in [9.17, 15) is 4.79 Å². The topological polar surface area (TPSA) is 17.1 Å². The van der Waals surface area contributed by atoms with Crippen molar-refractivity contribution in [3.63, 3.8) is 0 Å². The van der Waals surface area contributed by atoms with Crippen LogP contribution in [0.1, 0.15) is 32.1 Å². The zero-order valence-electron chi connectivity index (χ0n) is 5.44. The summed E-state index contributed by atoms with van der Waals surface area (Å²) < 4.78 is 0. The standard InChI is InChI=1S/C6H10O.Na/c7-6-4-2-1-3-5-6;/h1-5H2;. The third-order valence-corrected chi connectivity index (χ3v) is 1.41. The molecule has 1 saturated carbocycles. The van der Waals surface area contributed by atoms with Gasteiger partial charge in [-0.05, 0) is 12.8 Å². The van der Waals surface area contributed by atoms with Gasteiger partial charge in [-0.2, -0.15) is 0 Å². The molecule has 0 N–H and O–H groups in total. The number of hydrogen-bond donors (Lipinski definition) is 0. The van der Waals surface area contributed by atoms with Crippen LogP contribution in [0.4, 0.5) is 0 Å². The van der Waals surface area contributed by atoms with Gasteiger partial charge in [0.15, 0.2) is 0 Å². The zero-order chi connectivity index (χ0) is 5.11. The molecule has 1 aliphatic carbocycles. The number of carbonyl (C=O) groups is 1. The minimum Gasteiger partial charge on any atom is -0.300 e. The minimum absolute atomic E-state index is 0. The monoisotopic (exact) mass is 121 g/mol. The minimum atomic E-state index is 0. The van der Waals surface area contributed by atoms with Gasteiger partial charge in [0.25, 0.3) is 0 Å². The molecule has 1 radical (unpaired) electrons. The van der Waals surface area contributed by atoms with E-state index in [1.165, 1.54) is 6.42 Å². The van der Waals surface area contributed by atoms with Crippen molar-refractivity contribution in [3.8, 4) is 0 Å². The summed E-state index contributed by atoms with van der Waals surface area (Å²) in [5.74, 6) is 0.464. The molecular formula is C6H10NaO. The summed E-state index contributed by atoms with van der Waals surface area (Å²) in [7, 11) is 0. The van der Waals surface area contributed by atoms with Gasteiger partial charge in [0.05, 0.1) is 0 Å². The van der Waals surface area contributed by atoms with Gasteiger partial charge >= 0.3 is 0 Å². The molecule has 0 bridgehead atoms. The molecule has 0 spiro atoms. The van der Waals surface area contributed by atoms with E-state index in [-0.39, 0.29) is 29.6 Å². The maximum atomic E-state index is 10.5. The predicted molar refractivity (Wildman–Crippen MR) is 33.8 cm³/mol. The maximum absolute atomic E-state index is 10.5. The molecule has 0 atom stereocenters. The maximum Gasteiger partial charge on any atom is 0.132 e. The third-order valence-electron chi connectivity index (χ3n) is 1.41. The van der Waals surface area contributed by atoms with E-state index in [4.69, 9.17) is 0 Å². The van der Waals surface area contributed by atoms with Crippen molar-refractivity contribution in [3.05, 3.63) is 0 Å². The quantitative estimate of drug-likeness (QED) is 0.439. The summed E-state index contributed by atoms with van der Waals surface area (Å²) in [5, 5.41) is 0. The van der Waals surface area contributed by atoms with Crippen LogP contribution in [0.5, 0.6) is 0 Å². The smallest absolute Gasteiger partial charge is 0.132 e. The Labute approximate surface area is 72.1 Å². The molecule has 8 heavy (non-hydrogen) atoms. The first kappa shape index (κ1) is 8.67. The summed E-state index contributed by atoms with van der Waals surface area (Å²) >= 11 is 0. The van der Waals surface area contributed by atoms with Crippen LogP contribution in [0.2, 0.25) is 0 Å². The fraction of sp³-hybridized carbons (Fsp3) is 0.833. The Morgan fingerprint density at radius 1 is 1.00 bits per heavy atom. The SMILES string of the molecule is O=C1CCCCC1.[Na]. The van der Waals surface area contributed by atoms with Crippen molar-refractivity contribution in [2.75, 3.05) is 0 Å². The van der Waals surface area contributed by atoms with Gasteiger partial charge in [0, 0.05) is 42.4 Å². The molecule has 1 rings (SSSR count). The fourth-order valence-electron chi connectivity index (χ4n) is 0.946. The van der Waals surface area contributed by atoms with Crippen LogP contribution in [0.3, 0.4) is 0 Å². The van der Waals surface area contributed by atoms with Gasteiger partial charge in [-0.25, -0.2) is 0 Å². The Hall–Kier alpha value is 0.670. The summed E-state index contributed by atoms with van der Waals surface area (Å²) in [4.78, 5) is 10.5. The fourth-order valence-corrected chi connectivity index (χ4v) is 0.946. The molecule has 0 amide bonds. The van der Waals surface area contributed by atoms with Crippen molar-refractivity contribution in [1.29, 1.82) is 0 Å². The van der Waals surface area contributed by atoms with Crippen LogP contribution >= 0.6 is 0 Å². The normalized spacial score (nSPS) is 19.8. The third kappa shape index (κ3) is 2.85. The molecule has 0 aliphatic heterocycles. The van der Waals surface area contributed by atoms with E-state index in [1.807, 2.05) is 0 Å². The molecule has 0 saturated heterocycles. The molecule has 1 fully saturated rings. The van der Waals surface area contributed by atoms with Crippen molar-refractivity contribution < 1.29 is 4.79 Å². The van der Waals surface area contributed by atoms with Crippen LogP contribution in [0, 0.1) is 0 Å². The molecule has 0 aromatic rings. The average molecular weight is 121 g/mol. The Morgan fingerprint density at radius 3 is 1.75 bits per heavy atom. The Morgan fingerprint density at radius 2 is 1.50 bits per heavy atom. The van der Waals surface area contributed by atoms with E-state index in [0.29, 0.717) is 5.78 Å². The van der Waals surface area contributed by atoms with Gasteiger partial charge in [-0.1, -0.05) is 6.42 Å². The van der Waals surface area contributed by atoms with Gasteiger partial charge < -0.3 is 0 Å². The average Bonchev–Trinajstić information content (AvgIpc) is 1.69. The van der Waals surface area contributed by atoms with Gasteiger partial charge in [-0.3, -0.25) is 4.79 Å². The second kappa shape index (κ2) is 4.54. The summed E-state index contributed by atoms with van der Waals surface area (Å²) in [6.07, 6.45) is 5.24. The summed E-state index contributed by atoms with van der Waals surface area (Å²) in [5.41, 5.74) is 0. The molecule has 0 aromatic heterocycles. The molecule has 1 aliphatic rings. The second-order valence-electron chi connectivity index (χ2n) is 2.10. The van der Waals surface area contributed by atoms with E-state index < -0.39 is 0 Å². The number of rotatable bonds is 0. The van der Waals surface area contributed by atoms with E-state index in [2.05, 4.69) is 0 Å². The van der Waals surface area contributed by atoms with Crippen molar-refractivity contribution in [2.24, 2.45) is 0 Å². The van der Waals surface area contributed by atoms with E-state index >= 15 is 0 Å². The first-order valence-corrected chi connectivity index (χ1v) is 2.91. The van der Waals surface area contributed by atoms with E-state index in [1.54, 1.807) is 0 Å². The van der Waals surface area contributed by atoms with E-state index in [0.717, 1.165) is 25.7 Å². The van der Waals surface area contributed by atoms with Crippen LogP contribution in [-0.4, -0.2) is 35.3 Å². The number of ketones is 1. The summed E-state index contributed by atoms with van der Waals surface area (Å²) in [6.45, 7) is 0. The van der Waals surface area contributed by atoms with Crippen LogP contribution in [0.15, 0.2) is 0 Å². The van der Waals surface area contributed by atoms with Crippen LogP contribution in [0.25, 0.3) is 0 Å². The zero-order valence-corrected chi connectivity index (χ0v) is 7.44. The molecule has 0 unspecified atom stereocenters. The van der Waals surface area contributed by atoms with Gasteiger partial charge in [-0.15, -0.1) is 0 Å². The molecule has 0 aromatic carbocycles. The second-order valence-corrected chi connectivity index (χ2v) is 2.10. The van der Waals surface area contributed by atoms with Crippen molar-refractivity contribution in [2.45, 2.75) is 32.1 Å². The van der Waals surface area contributed by atoms with Crippen molar-refractivity contribution >= 4 is 35.3 Å². The Balaban J connectivity index is 0.000000490. The number of Topliss-reactive ketones (excluding diaryl/α,β-unsaturated/α-hetero) is 1. The van der Waals surface area contributed by atoms with Crippen LogP contribution in [-0.2, 0) is 4.79 Å². The summed E-state index contributed by atoms with van der Waals surface area (Å²) in [6, 6.07) is 0. The molecule has 41 valence electrons. The number of hydrogen-bond acceptors (Lipinski definition) is 1. The first-order chi connectivity index (χ1) is 3.39. The van der Waals surface area contributed by atoms with Gasteiger partial charge in [0.2, 0.25) is 0 Å². The Kier molecular flexibility index (Phi) is 4.92. The molecule has 1 nitrogen and oxygen atoms in total. The predicted octanol–water partition coefficient (Wildman–Crippen LogP) is 1.14. The van der Waals surface area contributed by atoms with Crippen LogP contribution < -0.4 is 0 Å². The van der Waals surface area contributed by atoms with Crippen molar-refractivity contribution in [1.82, 2.24) is 0 Å². The molecular weight excluding hydrogens is 111 g/mol. The molecule has 2 heteroatoms. The Bertz CT molecular complexity index is 72.6. The molecule has 0 heterocycles. The number of carbonyl (C=O) groups excluding carboxylic acids is 1.